The first-order valence-electron chi connectivity index (χ1n) is 15.0. The summed E-state index contributed by atoms with van der Waals surface area (Å²) in [6.07, 6.45) is 0.869. The Morgan fingerprint density at radius 2 is 0.977 bits per heavy atom. The zero-order valence-corrected chi connectivity index (χ0v) is 24.0. The molecule has 0 saturated heterocycles. The molecule has 0 bridgehead atoms. The van der Waals surface area contributed by atoms with E-state index in [0.717, 1.165) is 29.0 Å². The van der Waals surface area contributed by atoms with E-state index in [4.69, 9.17) is 4.98 Å². The fourth-order valence-electron chi connectivity index (χ4n) is 6.64. The predicted octanol–water partition coefficient (Wildman–Crippen LogP) is 10.9. The van der Waals surface area contributed by atoms with Crippen LogP contribution in [0, 0.1) is 0 Å². The van der Waals surface area contributed by atoms with Crippen molar-refractivity contribution in [1.29, 1.82) is 0 Å². The number of aromatic nitrogens is 2. The Balaban J connectivity index is 1.33. The van der Waals surface area contributed by atoms with Gasteiger partial charge in [0.1, 0.15) is 5.82 Å². The van der Waals surface area contributed by atoms with Crippen LogP contribution in [0.1, 0.15) is 12.7 Å². The van der Waals surface area contributed by atoms with Crippen LogP contribution in [0.25, 0.3) is 71.6 Å². The van der Waals surface area contributed by atoms with Crippen LogP contribution in [-0.2, 0) is 6.42 Å². The lowest BCUT2D eigenvalue weighted by molar-refractivity contribution is 0.908. The molecule has 0 atom stereocenters. The number of aryl methyl sites for hydroxylation is 1. The summed E-state index contributed by atoms with van der Waals surface area (Å²) in [5, 5.41) is 5.08. The van der Waals surface area contributed by atoms with Crippen LogP contribution in [0.4, 0.5) is 0 Å². The number of benzene rings is 7. The lowest BCUT2D eigenvalue weighted by Crippen LogP contribution is -2.00. The van der Waals surface area contributed by atoms with Crippen molar-refractivity contribution in [2.75, 3.05) is 0 Å². The SMILES string of the molecule is CCc1nc2ccccc2n1-c1cccc(-c2cccc(-c3c4ccccc4c(-c4ccccc4)c4ccccc34)c2)c1. The molecule has 8 rings (SSSR count). The lowest BCUT2D eigenvalue weighted by Gasteiger charge is -2.18. The molecule has 8 aromatic rings. The molecular formula is C41H30N2. The van der Waals surface area contributed by atoms with E-state index in [1.807, 2.05) is 0 Å². The van der Waals surface area contributed by atoms with Gasteiger partial charge in [0, 0.05) is 12.1 Å². The smallest absolute Gasteiger partial charge is 0.114 e. The predicted molar refractivity (Wildman–Crippen MR) is 182 cm³/mol. The Bertz CT molecular complexity index is 2220. The van der Waals surface area contributed by atoms with E-state index in [-0.39, 0.29) is 0 Å². The highest BCUT2D eigenvalue weighted by atomic mass is 15.1. The number of hydrogen-bond acceptors (Lipinski definition) is 1. The van der Waals surface area contributed by atoms with Crippen LogP contribution >= 0.6 is 0 Å². The van der Waals surface area contributed by atoms with Gasteiger partial charge in [-0.15, -0.1) is 0 Å². The van der Waals surface area contributed by atoms with Crippen LogP contribution in [0.2, 0.25) is 0 Å². The Hall–Kier alpha value is -5.47. The van der Waals surface area contributed by atoms with E-state index in [0.29, 0.717) is 0 Å². The molecule has 1 aromatic heterocycles. The molecule has 0 aliphatic carbocycles. The average molecular weight is 551 g/mol. The molecular weight excluding hydrogens is 520 g/mol. The van der Waals surface area contributed by atoms with Crippen molar-refractivity contribution in [2.45, 2.75) is 13.3 Å². The van der Waals surface area contributed by atoms with Gasteiger partial charge in [-0.05, 0) is 85.3 Å². The summed E-state index contributed by atoms with van der Waals surface area (Å²) in [5.41, 5.74) is 10.7. The van der Waals surface area contributed by atoms with Gasteiger partial charge in [-0.1, -0.05) is 128 Å². The third-order valence-electron chi connectivity index (χ3n) is 8.53. The summed E-state index contributed by atoms with van der Waals surface area (Å²) in [4.78, 5) is 4.91. The van der Waals surface area contributed by atoms with Crippen molar-refractivity contribution < 1.29 is 0 Å². The molecule has 0 unspecified atom stereocenters. The molecule has 0 N–H and O–H groups in total. The van der Waals surface area contributed by atoms with Gasteiger partial charge in [0.25, 0.3) is 0 Å². The first-order chi connectivity index (χ1) is 21.3. The Labute approximate surface area is 251 Å². The summed E-state index contributed by atoms with van der Waals surface area (Å²) >= 11 is 0. The van der Waals surface area contributed by atoms with E-state index >= 15 is 0 Å². The van der Waals surface area contributed by atoms with Crippen LogP contribution in [-0.4, -0.2) is 9.55 Å². The maximum atomic E-state index is 4.91. The highest BCUT2D eigenvalue weighted by Crippen LogP contribution is 2.44. The largest absolute Gasteiger partial charge is 0.296 e. The van der Waals surface area contributed by atoms with Crippen LogP contribution in [0.5, 0.6) is 0 Å². The summed E-state index contributed by atoms with van der Waals surface area (Å²) in [6.45, 7) is 2.17. The van der Waals surface area contributed by atoms with Gasteiger partial charge in [0.2, 0.25) is 0 Å². The molecule has 0 spiro atoms. The van der Waals surface area contributed by atoms with Crippen molar-refractivity contribution in [3.8, 4) is 39.1 Å². The first-order valence-corrected chi connectivity index (χ1v) is 15.0. The molecule has 0 aliphatic rings. The lowest BCUT2D eigenvalue weighted by atomic mass is 9.85. The molecule has 1 heterocycles. The normalized spacial score (nSPS) is 11.5. The van der Waals surface area contributed by atoms with Gasteiger partial charge < -0.3 is 0 Å². The van der Waals surface area contributed by atoms with Crippen molar-refractivity contribution in [2.24, 2.45) is 0 Å². The van der Waals surface area contributed by atoms with Crippen molar-refractivity contribution in [3.05, 3.63) is 157 Å². The monoisotopic (exact) mass is 550 g/mol. The topological polar surface area (TPSA) is 17.8 Å². The maximum absolute atomic E-state index is 4.91. The van der Waals surface area contributed by atoms with E-state index in [2.05, 4.69) is 163 Å². The van der Waals surface area contributed by atoms with Gasteiger partial charge in [-0.25, -0.2) is 4.98 Å². The summed E-state index contributed by atoms with van der Waals surface area (Å²) in [5.74, 6) is 1.07. The zero-order chi connectivity index (χ0) is 28.8. The number of rotatable bonds is 5. The second-order valence-corrected chi connectivity index (χ2v) is 11.0. The third-order valence-corrected chi connectivity index (χ3v) is 8.53. The molecule has 0 amide bonds. The molecule has 0 radical (unpaired) electrons. The number of para-hydroxylation sites is 2. The first kappa shape index (κ1) is 25.3. The van der Waals surface area contributed by atoms with E-state index in [1.54, 1.807) is 0 Å². The quantitative estimate of drug-likeness (QED) is 0.195. The summed E-state index contributed by atoms with van der Waals surface area (Å²) in [6, 6.07) is 54.7. The Morgan fingerprint density at radius 1 is 0.465 bits per heavy atom. The molecule has 2 heteroatoms. The number of hydrogen-bond donors (Lipinski definition) is 0. The fraction of sp³-hybridized carbons (Fsp3) is 0.0488. The van der Waals surface area contributed by atoms with Gasteiger partial charge in [0.05, 0.1) is 11.0 Å². The standard InChI is InChI=1S/C41H30N2/c1-2-39-42-37-24-10-11-25-38(37)43(39)32-19-13-17-30(27-32)29-16-12-18-31(26-29)41-35-22-8-6-20-33(35)40(28-14-4-3-5-15-28)34-21-7-9-23-36(34)41/h3-27H,2H2,1H3. The Morgan fingerprint density at radius 3 is 1.65 bits per heavy atom. The van der Waals surface area contributed by atoms with E-state index < -0.39 is 0 Å². The molecule has 43 heavy (non-hydrogen) atoms. The molecule has 0 fully saturated rings. The van der Waals surface area contributed by atoms with Crippen LogP contribution in [0.3, 0.4) is 0 Å². The second-order valence-electron chi connectivity index (χ2n) is 11.0. The highest BCUT2D eigenvalue weighted by Gasteiger charge is 2.17. The third kappa shape index (κ3) is 4.23. The maximum Gasteiger partial charge on any atom is 0.114 e. The molecule has 204 valence electrons. The molecule has 2 nitrogen and oxygen atoms in total. The average Bonchev–Trinajstić information content (AvgIpc) is 3.46. The zero-order valence-electron chi connectivity index (χ0n) is 24.0. The fourth-order valence-corrected chi connectivity index (χ4v) is 6.64. The molecule has 0 aliphatic heterocycles. The van der Waals surface area contributed by atoms with Crippen molar-refractivity contribution in [3.63, 3.8) is 0 Å². The number of nitrogens with zero attached hydrogens (tertiary/aromatic N) is 2. The minimum Gasteiger partial charge on any atom is -0.296 e. The second kappa shape index (κ2) is 10.4. The minimum atomic E-state index is 0.869. The van der Waals surface area contributed by atoms with Crippen molar-refractivity contribution >= 4 is 32.6 Å². The molecule has 7 aromatic carbocycles. The van der Waals surface area contributed by atoms with Crippen LogP contribution in [0.15, 0.2) is 152 Å². The number of fused-ring (bicyclic) bond motifs is 3. The van der Waals surface area contributed by atoms with Gasteiger partial charge >= 0.3 is 0 Å². The van der Waals surface area contributed by atoms with Gasteiger partial charge in [0.15, 0.2) is 0 Å². The Kier molecular flexibility index (Phi) is 6.12. The number of imidazole rings is 1. The van der Waals surface area contributed by atoms with Crippen LogP contribution < -0.4 is 0 Å². The highest BCUT2D eigenvalue weighted by molar-refractivity contribution is 6.21. The minimum absolute atomic E-state index is 0.869. The van der Waals surface area contributed by atoms with E-state index in [1.165, 1.54) is 54.9 Å². The van der Waals surface area contributed by atoms with Crippen molar-refractivity contribution in [1.82, 2.24) is 9.55 Å². The van der Waals surface area contributed by atoms with E-state index in [9.17, 15) is 0 Å². The molecule has 0 saturated carbocycles. The van der Waals surface area contributed by atoms with Gasteiger partial charge in [-0.3, -0.25) is 4.57 Å². The summed E-state index contributed by atoms with van der Waals surface area (Å²) < 4.78 is 2.30. The van der Waals surface area contributed by atoms with Gasteiger partial charge in [-0.2, -0.15) is 0 Å². The summed E-state index contributed by atoms with van der Waals surface area (Å²) in [7, 11) is 0.